The summed E-state index contributed by atoms with van der Waals surface area (Å²) in [4.78, 5) is 12.5. The Kier molecular flexibility index (Phi) is 4.93. The Morgan fingerprint density at radius 1 is 1.09 bits per heavy atom. The van der Waals surface area contributed by atoms with E-state index in [1.807, 2.05) is 48.5 Å². The molecule has 22 heavy (non-hydrogen) atoms. The predicted octanol–water partition coefficient (Wildman–Crippen LogP) is 2.37. The molecule has 114 valence electrons. The molecule has 2 aromatic rings. The molecule has 0 bridgehead atoms. The van der Waals surface area contributed by atoms with E-state index in [2.05, 4.69) is 12.1 Å². The number of esters is 1. The van der Waals surface area contributed by atoms with Gasteiger partial charge in [0.1, 0.15) is 0 Å². The van der Waals surface area contributed by atoms with E-state index in [9.17, 15) is 4.79 Å². The normalized spacial score (nSPS) is 24.1. The first-order valence-electron chi connectivity index (χ1n) is 7.25. The Bertz CT molecular complexity index is 615. The molecule has 1 fully saturated rings. The Morgan fingerprint density at radius 2 is 1.73 bits per heavy atom. The molecule has 0 spiro atoms. The summed E-state index contributed by atoms with van der Waals surface area (Å²) in [6.07, 6.45) is -0.204. The Labute approximate surface area is 136 Å². The first-order valence-corrected chi connectivity index (χ1v) is 9.10. The number of rotatable bonds is 4. The molecular weight excluding hydrogens is 343 g/mol. The molecule has 3 nitrogen and oxygen atoms in total. The zero-order chi connectivity index (χ0) is 15.4. The summed E-state index contributed by atoms with van der Waals surface area (Å²) in [6.45, 7) is 0.605. The van der Waals surface area contributed by atoms with Gasteiger partial charge in [-0.05, 0) is 0 Å². The summed E-state index contributed by atoms with van der Waals surface area (Å²) in [6, 6.07) is 20.3. The first kappa shape index (κ1) is 15.3. The van der Waals surface area contributed by atoms with Crippen LogP contribution in [0.25, 0.3) is 0 Å². The molecule has 0 N–H and O–H groups in total. The van der Waals surface area contributed by atoms with Crippen LogP contribution in [0.1, 0.15) is 11.7 Å². The summed E-state index contributed by atoms with van der Waals surface area (Å²) in [7, 11) is 1.45. The molecule has 0 aromatic heterocycles. The minimum absolute atomic E-state index is 0.172. The van der Waals surface area contributed by atoms with E-state index in [0.29, 0.717) is 6.61 Å². The van der Waals surface area contributed by atoms with E-state index in [4.69, 9.17) is 9.47 Å². The van der Waals surface area contributed by atoms with Crippen molar-refractivity contribution in [1.29, 1.82) is 0 Å². The fourth-order valence-electron chi connectivity index (χ4n) is 2.74. The van der Waals surface area contributed by atoms with Gasteiger partial charge in [-0.15, -0.1) is 0 Å². The number of hydrogen-bond acceptors (Lipinski definition) is 3. The fraction of sp³-hybridized carbons (Fsp3) is 0.278. The van der Waals surface area contributed by atoms with E-state index < -0.39 is 0 Å². The maximum atomic E-state index is 12.3. The molecule has 3 atom stereocenters. The van der Waals surface area contributed by atoms with Crippen LogP contribution in [0.3, 0.4) is 0 Å². The molecule has 1 saturated heterocycles. The third-order valence-electron chi connectivity index (χ3n) is 3.80. The quantitative estimate of drug-likeness (QED) is 0.620. The van der Waals surface area contributed by atoms with Crippen molar-refractivity contribution in [3.05, 3.63) is 66.2 Å². The number of carbonyl (C=O) groups is 1. The SMILES string of the molecule is COC(=O)[C@H]1[C@@H](c2ccccc2)OC[C@H]1[Se]c1ccccc1. The van der Waals surface area contributed by atoms with Crippen molar-refractivity contribution in [3.63, 3.8) is 0 Å². The van der Waals surface area contributed by atoms with Gasteiger partial charge < -0.3 is 0 Å². The molecule has 0 unspecified atom stereocenters. The molecule has 1 aliphatic rings. The second kappa shape index (κ2) is 7.10. The van der Waals surface area contributed by atoms with Crippen LogP contribution in [0, 0.1) is 5.92 Å². The van der Waals surface area contributed by atoms with Crippen molar-refractivity contribution in [2.75, 3.05) is 13.7 Å². The van der Waals surface area contributed by atoms with Crippen LogP contribution in [-0.2, 0) is 14.3 Å². The zero-order valence-electron chi connectivity index (χ0n) is 12.3. The second-order valence-corrected chi connectivity index (χ2v) is 7.94. The van der Waals surface area contributed by atoms with Crippen LogP contribution in [0.5, 0.6) is 0 Å². The van der Waals surface area contributed by atoms with Crippen LogP contribution >= 0.6 is 0 Å². The van der Waals surface area contributed by atoms with Gasteiger partial charge in [-0.3, -0.25) is 0 Å². The summed E-state index contributed by atoms with van der Waals surface area (Å²) < 4.78 is 12.3. The van der Waals surface area contributed by atoms with Gasteiger partial charge in [-0.25, -0.2) is 0 Å². The second-order valence-electron chi connectivity index (χ2n) is 5.18. The molecule has 0 radical (unpaired) electrons. The molecular formula is C18H18O3Se. The molecule has 0 saturated carbocycles. The van der Waals surface area contributed by atoms with E-state index in [0.717, 1.165) is 5.56 Å². The summed E-state index contributed by atoms with van der Waals surface area (Å²) in [5.41, 5.74) is 1.05. The topological polar surface area (TPSA) is 35.5 Å². The number of hydrogen-bond donors (Lipinski definition) is 0. The van der Waals surface area contributed by atoms with E-state index >= 15 is 0 Å². The van der Waals surface area contributed by atoms with Crippen molar-refractivity contribution in [1.82, 2.24) is 0 Å². The molecule has 2 aromatic carbocycles. The fourth-order valence-corrected chi connectivity index (χ4v) is 5.28. The third kappa shape index (κ3) is 3.25. The van der Waals surface area contributed by atoms with Gasteiger partial charge in [0.2, 0.25) is 0 Å². The Balaban J connectivity index is 1.83. The van der Waals surface area contributed by atoms with Crippen LogP contribution < -0.4 is 4.46 Å². The van der Waals surface area contributed by atoms with Gasteiger partial charge in [0, 0.05) is 0 Å². The average Bonchev–Trinajstić information content (AvgIpc) is 2.99. The maximum absolute atomic E-state index is 12.3. The van der Waals surface area contributed by atoms with Crippen molar-refractivity contribution < 1.29 is 14.3 Å². The van der Waals surface area contributed by atoms with Crippen LogP contribution in [0.2, 0.25) is 4.82 Å². The van der Waals surface area contributed by atoms with Crippen LogP contribution in [-0.4, -0.2) is 34.6 Å². The number of ether oxygens (including phenoxy) is 2. The van der Waals surface area contributed by atoms with Crippen LogP contribution in [0.15, 0.2) is 60.7 Å². The number of benzene rings is 2. The Hall–Kier alpha value is -1.61. The van der Waals surface area contributed by atoms with E-state index in [-0.39, 0.29) is 37.8 Å². The van der Waals surface area contributed by atoms with E-state index in [1.165, 1.54) is 11.6 Å². The zero-order valence-corrected chi connectivity index (χ0v) is 14.1. The van der Waals surface area contributed by atoms with Gasteiger partial charge in [-0.2, -0.15) is 0 Å². The molecule has 3 rings (SSSR count). The average molecular weight is 361 g/mol. The predicted molar refractivity (Wildman–Crippen MR) is 86.2 cm³/mol. The first-order chi connectivity index (χ1) is 10.8. The van der Waals surface area contributed by atoms with Crippen LogP contribution in [0.4, 0.5) is 0 Å². The van der Waals surface area contributed by atoms with Gasteiger partial charge in [0.05, 0.1) is 0 Å². The molecule has 0 amide bonds. The Morgan fingerprint density at radius 3 is 2.36 bits per heavy atom. The molecule has 1 aliphatic heterocycles. The van der Waals surface area contributed by atoms with Crippen molar-refractivity contribution in [2.45, 2.75) is 10.9 Å². The van der Waals surface area contributed by atoms with Gasteiger partial charge >= 0.3 is 136 Å². The third-order valence-corrected chi connectivity index (χ3v) is 6.48. The van der Waals surface area contributed by atoms with Crippen molar-refractivity contribution in [2.24, 2.45) is 5.92 Å². The molecule has 4 heteroatoms. The van der Waals surface area contributed by atoms with Gasteiger partial charge in [0.15, 0.2) is 0 Å². The summed E-state index contributed by atoms with van der Waals surface area (Å²) >= 11 is 0.184. The number of carbonyl (C=O) groups excluding carboxylic acids is 1. The number of methoxy groups -OCH3 is 1. The molecule has 0 aliphatic carbocycles. The van der Waals surface area contributed by atoms with Gasteiger partial charge in [0.25, 0.3) is 0 Å². The molecule has 1 heterocycles. The van der Waals surface area contributed by atoms with E-state index in [1.54, 1.807) is 0 Å². The standard InChI is InChI=1S/C18H18O3Se/c1-20-18(19)16-15(22-14-10-6-3-7-11-14)12-21-17(16)13-8-4-2-5-9-13/h2-11,15-17H,12H2,1H3/t15-,16-,17-/m1/s1. The van der Waals surface area contributed by atoms with Gasteiger partial charge in [-0.1, -0.05) is 0 Å². The summed E-state index contributed by atoms with van der Waals surface area (Å²) in [5, 5.41) is 0. The van der Waals surface area contributed by atoms with Crippen molar-refractivity contribution in [3.8, 4) is 0 Å². The monoisotopic (exact) mass is 362 g/mol. The summed E-state index contributed by atoms with van der Waals surface area (Å²) in [5.74, 6) is -0.401. The minimum atomic E-state index is -0.229. The van der Waals surface area contributed by atoms with Crippen molar-refractivity contribution >= 4 is 25.4 Å².